The van der Waals surface area contributed by atoms with Crippen LogP contribution in [0, 0.1) is 0 Å². The first-order chi connectivity index (χ1) is 13.1. The van der Waals surface area contributed by atoms with E-state index in [-0.39, 0.29) is 16.5 Å². The molecule has 0 aliphatic carbocycles. The van der Waals surface area contributed by atoms with Gasteiger partial charge in [-0.2, -0.15) is 0 Å². The third-order valence-electron chi connectivity index (χ3n) is 5.09. The lowest BCUT2D eigenvalue weighted by molar-refractivity contribution is -0.119. The molecule has 0 spiro atoms. The van der Waals surface area contributed by atoms with Crippen LogP contribution in [0.2, 0.25) is 0 Å². The highest BCUT2D eigenvalue weighted by Crippen LogP contribution is 2.37. The van der Waals surface area contributed by atoms with Gasteiger partial charge in [0.25, 0.3) is 11.8 Å². The van der Waals surface area contributed by atoms with Gasteiger partial charge in [0.05, 0.1) is 11.3 Å². The summed E-state index contributed by atoms with van der Waals surface area (Å²) in [4.78, 5) is 32.0. The molecule has 0 bridgehead atoms. The van der Waals surface area contributed by atoms with E-state index in [9.17, 15) is 9.59 Å². The first-order valence-electron chi connectivity index (χ1n) is 9.00. The molecule has 1 saturated heterocycles. The zero-order valence-electron chi connectivity index (χ0n) is 15.0. The molecule has 4 rings (SSSR count). The molecule has 0 N–H and O–H groups in total. The van der Waals surface area contributed by atoms with E-state index in [0.717, 1.165) is 43.3 Å². The van der Waals surface area contributed by atoms with E-state index >= 15 is 0 Å². The van der Waals surface area contributed by atoms with Crippen LogP contribution in [0.3, 0.4) is 0 Å². The van der Waals surface area contributed by atoms with Gasteiger partial charge < -0.3 is 9.80 Å². The summed E-state index contributed by atoms with van der Waals surface area (Å²) in [5.41, 5.74) is 1.94. The lowest BCUT2D eigenvalue weighted by Crippen LogP contribution is -2.46. The zero-order chi connectivity index (χ0) is 19.0. The Morgan fingerprint density at radius 1 is 0.963 bits per heavy atom. The number of piperazine rings is 1. The second-order valence-corrected chi connectivity index (χ2v) is 7.88. The second kappa shape index (κ2) is 7.46. The van der Waals surface area contributed by atoms with Crippen LogP contribution >= 0.6 is 22.9 Å². The summed E-state index contributed by atoms with van der Waals surface area (Å²) in [6, 6.07) is 11.2. The largest absolute Gasteiger partial charge is 0.369 e. The minimum Gasteiger partial charge on any atom is -0.369 e. The minimum atomic E-state index is -0.464. The van der Waals surface area contributed by atoms with Crippen molar-refractivity contribution in [3.63, 3.8) is 0 Å². The van der Waals surface area contributed by atoms with Gasteiger partial charge >= 0.3 is 0 Å². The fourth-order valence-corrected chi connectivity index (χ4v) is 4.60. The number of carbonyl (C=O) groups excluding carboxylic acids is 2. The van der Waals surface area contributed by atoms with Gasteiger partial charge in [0, 0.05) is 36.7 Å². The Morgan fingerprint density at radius 3 is 2.22 bits per heavy atom. The molecule has 1 fully saturated rings. The number of anilines is 2. The van der Waals surface area contributed by atoms with Crippen LogP contribution in [-0.4, -0.2) is 49.4 Å². The quantitative estimate of drug-likeness (QED) is 0.736. The Bertz CT molecular complexity index is 884. The maximum atomic E-state index is 12.8. The molecule has 2 amide bonds. The average molecular weight is 402 g/mol. The standard InChI is InChI=1S/C20H20ClN3O2S/c1-2-22-9-11-23(12-10-22)14-5-7-15(8-6-14)24-19(25)17(18(21)20(24)26)16-4-3-13-27-16/h3-8,13H,2,9-12H2,1H3. The third kappa shape index (κ3) is 3.29. The Morgan fingerprint density at radius 2 is 1.63 bits per heavy atom. The first-order valence-corrected chi connectivity index (χ1v) is 10.3. The predicted octanol–water partition coefficient (Wildman–Crippen LogP) is 3.41. The zero-order valence-corrected chi connectivity index (χ0v) is 16.6. The van der Waals surface area contributed by atoms with Crippen LogP contribution in [0.5, 0.6) is 0 Å². The number of halogens is 1. The van der Waals surface area contributed by atoms with Gasteiger partial charge in [0.2, 0.25) is 0 Å². The van der Waals surface area contributed by atoms with Crippen molar-refractivity contribution in [2.75, 3.05) is 42.5 Å². The van der Waals surface area contributed by atoms with Crippen LogP contribution in [0.4, 0.5) is 11.4 Å². The number of amides is 2. The number of likely N-dealkylation sites (N-methyl/N-ethyl adjacent to an activating group) is 1. The number of hydrogen-bond acceptors (Lipinski definition) is 5. The highest BCUT2D eigenvalue weighted by Gasteiger charge is 2.39. The van der Waals surface area contributed by atoms with Gasteiger partial charge in [-0.25, -0.2) is 4.90 Å². The molecule has 0 radical (unpaired) electrons. The Hall–Kier alpha value is -2.15. The topological polar surface area (TPSA) is 43.9 Å². The van der Waals surface area contributed by atoms with Gasteiger partial charge in [0.1, 0.15) is 5.03 Å². The first kappa shape index (κ1) is 18.2. The van der Waals surface area contributed by atoms with Crippen LogP contribution < -0.4 is 9.80 Å². The van der Waals surface area contributed by atoms with Crippen molar-refractivity contribution in [1.82, 2.24) is 4.90 Å². The molecule has 2 aromatic rings. The summed E-state index contributed by atoms with van der Waals surface area (Å²) < 4.78 is 0. The molecule has 2 aliphatic heterocycles. The highest BCUT2D eigenvalue weighted by atomic mass is 35.5. The number of hydrogen-bond donors (Lipinski definition) is 0. The Kier molecular flexibility index (Phi) is 5.04. The molecule has 7 heteroatoms. The fraction of sp³-hybridized carbons (Fsp3) is 0.300. The summed E-state index contributed by atoms with van der Waals surface area (Å²) in [7, 11) is 0. The fourth-order valence-electron chi connectivity index (χ4n) is 3.51. The van der Waals surface area contributed by atoms with Gasteiger partial charge in [-0.3, -0.25) is 9.59 Å². The molecule has 27 heavy (non-hydrogen) atoms. The van der Waals surface area contributed by atoms with Crippen LogP contribution in [0.25, 0.3) is 5.57 Å². The van der Waals surface area contributed by atoms with Crippen molar-refractivity contribution >= 4 is 51.7 Å². The van der Waals surface area contributed by atoms with E-state index in [1.54, 1.807) is 6.07 Å². The normalized spacial score (nSPS) is 18.7. The van der Waals surface area contributed by atoms with E-state index in [1.807, 2.05) is 35.7 Å². The van der Waals surface area contributed by atoms with E-state index in [1.165, 1.54) is 11.3 Å². The molecule has 0 unspecified atom stereocenters. The molecule has 2 aliphatic rings. The SMILES string of the molecule is CCN1CCN(c2ccc(N3C(=O)C(Cl)=C(c4cccs4)C3=O)cc2)CC1. The molecule has 1 aromatic carbocycles. The monoisotopic (exact) mass is 401 g/mol. The summed E-state index contributed by atoms with van der Waals surface area (Å²) in [5.74, 6) is -0.828. The van der Waals surface area contributed by atoms with E-state index in [4.69, 9.17) is 11.6 Å². The molecule has 0 saturated carbocycles. The van der Waals surface area contributed by atoms with Crippen molar-refractivity contribution < 1.29 is 9.59 Å². The van der Waals surface area contributed by atoms with Crippen molar-refractivity contribution in [1.29, 1.82) is 0 Å². The molecule has 140 valence electrons. The van der Waals surface area contributed by atoms with Crippen molar-refractivity contribution in [2.45, 2.75) is 6.92 Å². The number of imide groups is 1. The van der Waals surface area contributed by atoms with E-state index in [2.05, 4.69) is 16.7 Å². The third-order valence-corrected chi connectivity index (χ3v) is 6.33. The Balaban J connectivity index is 1.53. The summed E-state index contributed by atoms with van der Waals surface area (Å²) in [6.45, 7) is 7.30. The van der Waals surface area contributed by atoms with Gasteiger partial charge in [-0.15, -0.1) is 11.3 Å². The van der Waals surface area contributed by atoms with Crippen molar-refractivity contribution in [2.24, 2.45) is 0 Å². The minimum absolute atomic E-state index is 0.0118. The molecule has 3 heterocycles. The molecule has 5 nitrogen and oxygen atoms in total. The van der Waals surface area contributed by atoms with Gasteiger partial charge in [0.15, 0.2) is 0 Å². The van der Waals surface area contributed by atoms with Crippen LogP contribution in [0.15, 0.2) is 46.8 Å². The second-order valence-electron chi connectivity index (χ2n) is 6.55. The maximum absolute atomic E-state index is 12.8. The summed E-state index contributed by atoms with van der Waals surface area (Å²) in [6.07, 6.45) is 0. The van der Waals surface area contributed by atoms with E-state index in [0.29, 0.717) is 10.6 Å². The van der Waals surface area contributed by atoms with Crippen LogP contribution in [0.1, 0.15) is 11.8 Å². The molecular weight excluding hydrogens is 382 g/mol. The van der Waals surface area contributed by atoms with Crippen molar-refractivity contribution in [3.8, 4) is 0 Å². The lowest BCUT2D eigenvalue weighted by atomic mass is 10.2. The number of benzene rings is 1. The van der Waals surface area contributed by atoms with E-state index < -0.39 is 5.91 Å². The Labute approximate surface area is 167 Å². The van der Waals surface area contributed by atoms with Gasteiger partial charge in [-0.05, 0) is 42.3 Å². The summed E-state index contributed by atoms with van der Waals surface area (Å²) >= 11 is 7.60. The number of thiophene rings is 1. The van der Waals surface area contributed by atoms with Crippen LogP contribution in [-0.2, 0) is 9.59 Å². The maximum Gasteiger partial charge on any atom is 0.277 e. The van der Waals surface area contributed by atoms with Crippen molar-refractivity contribution in [3.05, 3.63) is 51.7 Å². The number of nitrogens with zero attached hydrogens (tertiary/aromatic N) is 3. The number of carbonyl (C=O) groups is 2. The predicted molar refractivity (Wildman–Crippen MR) is 110 cm³/mol. The summed E-state index contributed by atoms with van der Waals surface area (Å²) in [5, 5.41) is 1.85. The number of rotatable bonds is 4. The van der Waals surface area contributed by atoms with Gasteiger partial charge in [-0.1, -0.05) is 24.6 Å². The molecule has 0 atom stereocenters. The highest BCUT2D eigenvalue weighted by molar-refractivity contribution is 7.11. The lowest BCUT2D eigenvalue weighted by Gasteiger charge is -2.35. The molecule has 1 aromatic heterocycles. The smallest absolute Gasteiger partial charge is 0.277 e. The average Bonchev–Trinajstić information content (AvgIpc) is 3.29. The molecular formula is C20H20ClN3O2S.